The van der Waals surface area contributed by atoms with Crippen molar-refractivity contribution < 1.29 is 13.2 Å². The van der Waals surface area contributed by atoms with Gasteiger partial charge >= 0.3 is 0 Å². The molecule has 22 heavy (non-hydrogen) atoms. The molecule has 0 spiro atoms. The largest absolute Gasteiger partial charge is 0.350 e. The molecular formula is C15H25N3O3S. The van der Waals surface area contributed by atoms with Crippen molar-refractivity contribution in [3.63, 3.8) is 0 Å². The minimum atomic E-state index is -3.41. The number of carbonyl (C=O) groups excluding carboxylic acids is 1. The summed E-state index contributed by atoms with van der Waals surface area (Å²) in [5.74, 6) is -0.408. The third-order valence-electron chi connectivity index (χ3n) is 2.90. The number of nitrogens with one attached hydrogen (secondary N) is 2. The van der Waals surface area contributed by atoms with Gasteiger partial charge in [0.15, 0.2) is 0 Å². The summed E-state index contributed by atoms with van der Waals surface area (Å²) in [6, 6.07) is 6.97. The van der Waals surface area contributed by atoms with Crippen LogP contribution in [0.3, 0.4) is 0 Å². The first-order chi connectivity index (χ1) is 10.0. The molecule has 0 saturated heterocycles. The number of sulfonamides is 1. The maximum atomic E-state index is 12.0. The van der Waals surface area contributed by atoms with E-state index in [1.165, 1.54) is 0 Å². The van der Waals surface area contributed by atoms with E-state index < -0.39 is 15.6 Å². The Bertz CT molecular complexity index is 619. The summed E-state index contributed by atoms with van der Waals surface area (Å²) in [7, 11) is -3.41. The van der Waals surface area contributed by atoms with E-state index in [-0.39, 0.29) is 24.2 Å². The fourth-order valence-corrected chi connectivity index (χ4v) is 3.37. The second kappa shape index (κ2) is 7.21. The molecule has 0 aliphatic heterocycles. The number of hydrogen-bond acceptors (Lipinski definition) is 4. The van der Waals surface area contributed by atoms with Crippen molar-refractivity contribution in [2.24, 2.45) is 5.73 Å². The number of rotatable bonds is 7. The molecule has 0 radical (unpaired) electrons. The lowest BCUT2D eigenvalue weighted by molar-refractivity contribution is -0.125. The number of hydrogen-bond donors (Lipinski definition) is 3. The van der Waals surface area contributed by atoms with Gasteiger partial charge in [-0.3, -0.25) is 4.79 Å². The molecule has 4 N–H and O–H groups in total. The highest BCUT2D eigenvalue weighted by Gasteiger charge is 2.22. The molecule has 124 valence electrons. The first-order valence-electron chi connectivity index (χ1n) is 7.15. The molecule has 0 atom stereocenters. The lowest BCUT2D eigenvalue weighted by Gasteiger charge is -2.19. The molecular weight excluding hydrogens is 302 g/mol. The average molecular weight is 327 g/mol. The van der Waals surface area contributed by atoms with Gasteiger partial charge in [0.2, 0.25) is 15.9 Å². The van der Waals surface area contributed by atoms with Gasteiger partial charge in [0.05, 0.1) is 11.3 Å². The summed E-state index contributed by atoms with van der Waals surface area (Å²) in [5.41, 5.74) is 6.16. The van der Waals surface area contributed by atoms with Crippen molar-refractivity contribution in [1.82, 2.24) is 10.0 Å². The molecule has 0 aliphatic carbocycles. The number of nitrogens with two attached hydrogens (primary N) is 1. The molecule has 0 fully saturated rings. The second-order valence-electron chi connectivity index (χ2n) is 6.20. The van der Waals surface area contributed by atoms with E-state index in [2.05, 4.69) is 10.0 Å². The standard InChI is InChI=1S/C15H25N3O3S/c1-11(2)18-22(20,21)10-13-8-6-5-7-12(13)9-17-14(19)15(3,4)16/h5-8,11,18H,9-10,16H2,1-4H3,(H,17,19). The molecule has 1 amide bonds. The van der Waals surface area contributed by atoms with Gasteiger partial charge in [-0.2, -0.15) is 0 Å². The minimum absolute atomic E-state index is 0.122. The second-order valence-corrected chi connectivity index (χ2v) is 7.96. The van der Waals surface area contributed by atoms with Crippen LogP contribution in [-0.4, -0.2) is 25.9 Å². The maximum absolute atomic E-state index is 12.0. The van der Waals surface area contributed by atoms with E-state index in [0.29, 0.717) is 5.56 Å². The summed E-state index contributed by atoms with van der Waals surface area (Å²) >= 11 is 0. The Labute approximate surface area is 132 Å². The summed E-state index contributed by atoms with van der Waals surface area (Å²) in [6.07, 6.45) is 0. The van der Waals surface area contributed by atoms with Gasteiger partial charge in [0.1, 0.15) is 0 Å². The quantitative estimate of drug-likeness (QED) is 0.691. The molecule has 0 saturated carbocycles. The highest BCUT2D eigenvalue weighted by atomic mass is 32.2. The molecule has 0 bridgehead atoms. The molecule has 1 aromatic carbocycles. The van der Waals surface area contributed by atoms with Gasteiger partial charge in [-0.1, -0.05) is 24.3 Å². The van der Waals surface area contributed by atoms with Crippen LogP contribution in [-0.2, 0) is 27.1 Å². The molecule has 1 rings (SSSR count). The van der Waals surface area contributed by atoms with Crippen LogP contribution in [0, 0.1) is 0 Å². The third-order valence-corrected chi connectivity index (χ3v) is 4.43. The maximum Gasteiger partial charge on any atom is 0.239 e. The number of amides is 1. The van der Waals surface area contributed by atoms with Crippen LogP contribution >= 0.6 is 0 Å². The van der Waals surface area contributed by atoms with E-state index >= 15 is 0 Å². The molecule has 7 heteroatoms. The predicted octanol–water partition coefficient (Wildman–Crippen LogP) is 0.868. The van der Waals surface area contributed by atoms with Crippen LogP contribution < -0.4 is 15.8 Å². The third kappa shape index (κ3) is 6.13. The highest BCUT2D eigenvalue weighted by Crippen LogP contribution is 2.13. The van der Waals surface area contributed by atoms with Crippen molar-refractivity contribution in [2.45, 2.75) is 51.6 Å². The smallest absolute Gasteiger partial charge is 0.239 e. The molecule has 6 nitrogen and oxygen atoms in total. The first-order valence-corrected chi connectivity index (χ1v) is 8.80. The van der Waals surface area contributed by atoms with Crippen LogP contribution in [0.5, 0.6) is 0 Å². The van der Waals surface area contributed by atoms with Crippen molar-refractivity contribution in [2.75, 3.05) is 0 Å². The summed E-state index contributed by atoms with van der Waals surface area (Å²) in [6.45, 7) is 7.02. The van der Waals surface area contributed by atoms with E-state index in [1.54, 1.807) is 52.0 Å². The van der Waals surface area contributed by atoms with E-state index in [0.717, 1.165) is 5.56 Å². The fourth-order valence-electron chi connectivity index (χ4n) is 1.88. The van der Waals surface area contributed by atoms with Crippen LogP contribution in [0.2, 0.25) is 0 Å². The Morgan fingerprint density at radius 2 is 1.77 bits per heavy atom. The normalized spacial score (nSPS) is 12.5. The number of carbonyl (C=O) groups is 1. The lowest BCUT2D eigenvalue weighted by Crippen LogP contribution is -2.48. The van der Waals surface area contributed by atoms with Crippen LogP contribution in [0.1, 0.15) is 38.8 Å². The minimum Gasteiger partial charge on any atom is -0.350 e. The zero-order chi connectivity index (χ0) is 17.0. The zero-order valence-electron chi connectivity index (χ0n) is 13.5. The average Bonchev–Trinajstić information content (AvgIpc) is 2.34. The van der Waals surface area contributed by atoms with E-state index in [4.69, 9.17) is 5.73 Å². The predicted molar refractivity (Wildman–Crippen MR) is 87.5 cm³/mol. The van der Waals surface area contributed by atoms with Crippen molar-refractivity contribution >= 4 is 15.9 Å². The van der Waals surface area contributed by atoms with Crippen LogP contribution in [0.4, 0.5) is 0 Å². The monoisotopic (exact) mass is 327 g/mol. The summed E-state index contributed by atoms with van der Waals surface area (Å²) in [5, 5.41) is 2.73. The van der Waals surface area contributed by atoms with Gasteiger partial charge < -0.3 is 11.1 Å². The van der Waals surface area contributed by atoms with Gasteiger partial charge in [-0.15, -0.1) is 0 Å². The lowest BCUT2D eigenvalue weighted by atomic mass is 10.1. The Hall–Kier alpha value is -1.44. The Kier molecular flexibility index (Phi) is 6.10. The summed E-state index contributed by atoms with van der Waals surface area (Å²) < 4.78 is 26.6. The molecule has 0 unspecified atom stereocenters. The molecule has 0 aromatic heterocycles. The zero-order valence-corrected chi connectivity index (χ0v) is 14.3. The van der Waals surface area contributed by atoms with Crippen molar-refractivity contribution in [3.8, 4) is 0 Å². The van der Waals surface area contributed by atoms with Crippen molar-refractivity contribution in [1.29, 1.82) is 0 Å². The Morgan fingerprint density at radius 1 is 1.23 bits per heavy atom. The number of benzene rings is 1. The van der Waals surface area contributed by atoms with Crippen LogP contribution in [0.25, 0.3) is 0 Å². The SMILES string of the molecule is CC(C)NS(=O)(=O)Cc1ccccc1CNC(=O)C(C)(C)N. The van der Waals surface area contributed by atoms with Gasteiger partial charge in [0.25, 0.3) is 0 Å². The Morgan fingerprint density at radius 3 is 2.27 bits per heavy atom. The van der Waals surface area contributed by atoms with E-state index in [1.807, 2.05) is 0 Å². The topological polar surface area (TPSA) is 101 Å². The molecule has 1 aromatic rings. The van der Waals surface area contributed by atoms with Crippen molar-refractivity contribution in [3.05, 3.63) is 35.4 Å². The fraction of sp³-hybridized carbons (Fsp3) is 0.533. The van der Waals surface area contributed by atoms with E-state index in [9.17, 15) is 13.2 Å². The first kappa shape index (κ1) is 18.6. The Balaban J connectivity index is 2.85. The molecule has 0 aliphatic rings. The summed E-state index contributed by atoms with van der Waals surface area (Å²) in [4.78, 5) is 11.8. The molecule has 0 heterocycles. The van der Waals surface area contributed by atoms with Gasteiger partial charge in [-0.05, 0) is 38.8 Å². The van der Waals surface area contributed by atoms with Gasteiger partial charge in [-0.25, -0.2) is 13.1 Å². The highest BCUT2D eigenvalue weighted by molar-refractivity contribution is 7.88. The van der Waals surface area contributed by atoms with Crippen LogP contribution in [0.15, 0.2) is 24.3 Å². The van der Waals surface area contributed by atoms with Gasteiger partial charge in [0, 0.05) is 12.6 Å².